The van der Waals surface area contributed by atoms with E-state index in [0.717, 1.165) is 11.1 Å². The number of hydrogen-bond donors (Lipinski definition) is 2. The molecule has 20 heavy (non-hydrogen) atoms. The topological polar surface area (TPSA) is 88.2 Å². The van der Waals surface area contributed by atoms with Crippen LogP contribution < -0.4 is 5.73 Å². The Balaban J connectivity index is 2.14. The van der Waals surface area contributed by atoms with Crippen molar-refractivity contribution in [2.24, 2.45) is 10.9 Å². The molecular formula is C14H19N3O3. The van der Waals surface area contributed by atoms with Gasteiger partial charge in [0.1, 0.15) is 6.10 Å². The van der Waals surface area contributed by atoms with Crippen molar-refractivity contribution in [1.29, 1.82) is 0 Å². The van der Waals surface area contributed by atoms with Crippen molar-refractivity contribution in [3.63, 3.8) is 0 Å². The largest absolute Gasteiger partial charge is 0.409 e. The van der Waals surface area contributed by atoms with Gasteiger partial charge in [0.05, 0.1) is 13.2 Å². The second kappa shape index (κ2) is 5.92. The first-order chi connectivity index (χ1) is 9.52. The lowest BCUT2D eigenvalue weighted by Crippen LogP contribution is -2.50. The van der Waals surface area contributed by atoms with Gasteiger partial charge in [-0.15, -0.1) is 0 Å². The summed E-state index contributed by atoms with van der Waals surface area (Å²) in [6.07, 6.45) is -0.552. The van der Waals surface area contributed by atoms with E-state index < -0.39 is 6.10 Å². The number of nitrogens with zero attached hydrogens (tertiary/aromatic N) is 2. The van der Waals surface area contributed by atoms with E-state index in [1.54, 1.807) is 4.90 Å². The summed E-state index contributed by atoms with van der Waals surface area (Å²) in [5, 5.41) is 11.6. The Hall–Kier alpha value is -2.08. The number of carbonyl (C=O) groups excluding carboxylic acids is 1. The van der Waals surface area contributed by atoms with Crippen molar-refractivity contribution < 1.29 is 14.7 Å². The number of rotatable bonds is 2. The molecule has 1 aromatic rings. The Kier molecular flexibility index (Phi) is 4.24. The first-order valence-electron chi connectivity index (χ1n) is 6.48. The summed E-state index contributed by atoms with van der Waals surface area (Å²) >= 11 is 0. The monoisotopic (exact) mass is 277 g/mol. The average molecular weight is 277 g/mol. The summed E-state index contributed by atoms with van der Waals surface area (Å²) in [7, 11) is 0. The molecule has 6 heteroatoms. The van der Waals surface area contributed by atoms with Crippen LogP contribution in [0.15, 0.2) is 23.4 Å². The van der Waals surface area contributed by atoms with Gasteiger partial charge in [0.2, 0.25) is 0 Å². The molecule has 0 spiro atoms. The number of ether oxygens (including phenoxy) is 1. The van der Waals surface area contributed by atoms with Crippen molar-refractivity contribution in [1.82, 2.24) is 4.90 Å². The van der Waals surface area contributed by atoms with Crippen molar-refractivity contribution in [3.8, 4) is 0 Å². The highest BCUT2D eigenvalue weighted by atomic mass is 16.5. The van der Waals surface area contributed by atoms with E-state index in [4.69, 9.17) is 15.7 Å². The Bertz CT molecular complexity index is 542. The number of hydrogen-bond acceptors (Lipinski definition) is 4. The van der Waals surface area contributed by atoms with Crippen LogP contribution in [0.2, 0.25) is 0 Å². The number of benzene rings is 1. The zero-order valence-corrected chi connectivity index (χ0v) is 11.7. The number of carbonyl (C=O) groups is 1. The number of oxime groups is 1. The maximum Gasteiger partial charge on any atom is 0.254 e. The second-order valence-electron chi connectivity index (χ2n) is 4.93. The fraction of sp³-hybridized carbons (Fsp3) is 0.429. The molecule has 2 rings (SSSR count). The van der Waals surface area contributed by atoms with E-state index in [-0.39, 0.29) is 11.7 Å². The van der Waals surface area contributed by atoms with Crippen LogP contribution in [0.3, 0.4) is 0 Å². The number of amides is 1. The van der Waals surface area contributed by atoms with Gasteiger partial charge in [-0.25, -0.2) is 0 Å². The predicted molar refractivity (Wildman–Crippen MR) is 75.0 cm³/mol. The Morgan fingerprint density at radius 2 is 2.20 bits per heavy atom. The van der Waals surface area contributed by atoms with Gasteiger partial charge in [-0.05, 0) is 37.1 Å². The number of amidine groups is 1. The summed E-state index contributed by atoms with van der Waals surface area (Å²) in [4.78, 5) is 14.1. The molecule has 1 unspecified atom stereocenters. The molecular weight excluding hydrogens is 258 g/mol. The zero-order chi connectivity index (χ0) is 14.7. The van der Waals surface area contributed by atoms with Crippen molar-refractivity contribution >= 4 is 11.7 Å². The van der Waals surface area contributed by atoms with Crippen LogP contribution in [0.4, 0.5) is 0 Å². The van der Waals surface area contributed by atoms with Gasteiger partial charge in [0.25, 0.3) is 5.91 Å². The number of aryl methyl sites for hydroxylation is 2. The third-order valence-electron chi connectivity index (χ3n) is 3.55. The Morgan fingerprint density at radius 3 is 2.85 bits per heavy atom. The highest BCUT2D eigenvalue weighted by Gasteiger charge is 2.27. The van der Waals surface area contributed by atoms with Gasteiger partial charge in [-0.3, -0.25) is 4.79 Å². The van der Waals surface area contributed by atoms with Crippen molar-refractivity contribution in [2.45, 2.75) is 20.0 Å². The number of nitrogens with two attached hydrogens (primary N) is 1. The predicted octanol–water partition coefficient (Wildman–Crippen LogP) is 0.891. The summed E-state index contributed by atoms with van der Waals surface area (Å²) in [6.45, 7) is 5.15. The van der Waals surface area contributed by atoms with Crippen LogP contribution in [0, 0.1) is 13.8 Å². The molecule has 3 N–H and O–H groups in total. The second-order valence-corrected chi connectivity index (χ2v) is 4.93. The normalized spacial score (nSPS) is 20.0. The molecule has 1 aromatic carbocycles. The van der Waals surface area contributed by atoms with Crippen LogP contribution in [0.1, 0.15) is 21.5 Å². The molecule has 0 aromatic heterocycles. The minimum atomic E-state index is -0.552. The van der Waals surface area contributed by atoms with Crippen LogP contribution in [-0.2, 0) is 4.74 Å². The maximum atomic E-state index is 12.4. The summed E-state index contributed by atoms with van der Waals surface area (Å²) in [5.74, 6) is -0.0743. The molecule has 1 atom stereocenters. The molecule has 1 amide bonds. The third kappa shape index (κ3) is 2.91. The van der Waals surface area contributed by atoms with Gasteiger partial charge in [-0.1, -0.05) is 11.2 Å². The van der Waals surface area contributed by atoms with Crippen molar-refractivity contribution in [2.75, 3.05) is 19.7 Å². The minimum Gasteiger partial charge on any atom is -0.409 e. The average Bonchev–Trinajstić information content (AvgIpc) is 2.48. The SMILES string of the molecule is Cc1ccc(C(=O)N2CCOC(C(N)=NO)C2)cc1C. The molecule has 0 aliphatic carbocycles. The fourth-order valence-electron chi connectivity index (χ4n) is 2.13. The molecule has 1 aliphatic rings. The molecule has 1 saturated heterocycles. The molecule has 1 heterocycles. The van der Waals surface area contributed by atoms with Crippen LogP contribution >= 0.6 is 0 Å². The Labute approximate surface area is 117 Å². The van der Waals surface area contributed by atoms with E-state index in [1.165, 1.54) is 0 Å². The Morgan fingerprint density at radius 1 is 1.45 bits per heavy atom. The smallest absolute Gasteiger partial charge is 0.254 e. The lowest BCUT2D eigenvalue weighted by atomic mass is 10.1. The molecule has 0 bridgehead atoms. The lowest BCUT2D eigenvalue weighted by molar-refractivity contribution is 0.00675. The highest BCUT2D eigenvalue weighted by Crippen LogP contribution is 2.14. The first kappa shape index (κ1) is 14.3. The maximum absolute atomic E-state index is 12.4. The van der Waals surface area contributed by atoms with Crippen LogP contribution in [0.5, 0.6) is 0 Å². The zero-order valence-electron chi connectivity index (χ0n) is 11.7. The van der Waals surface area contributed by atoms with E-state index >= 15 is 0 Å². The van der Waals surface area contributed by atoms with Gasteiger partial charge in [0, 0.05) is 12.1 Å². The van der Waals surface area contributed by atoms with E-state index in [2.05, 4.69) is 5.16 Å². The van der Waals surface area contributed by atoms with Gasteiger partial charge < -0.3 is 20.6 Å². The molecule has 1 aliphatic heterocycles. The third-order valence-corrected chi connectivity index (χ3v) is 3.55. The molecule has 108 valence electrons. The van der Waals surface area contributed by atoms with E-state index in [0.29, 0.717) is 25.3 Å². The molecule has 0 saturated carbocycles. The van der Waals surface area contributed by atoms with Gasteiger partial charge in [-0.2, -0.15) is 0 Å². The fourth-order valence-corrected chi connectivity index (χ4v) is 2.13. The summed E-state index contributed by atoms with van der Waals surface area (Å²) in [5.41, 5.74) is 8.41. The minimum absolute atomic E-state index is 0.0115. The number of morpholine rings is 1. The molecule has 1 fully saturated rings. The highest BCUT2D eigenvalue weighted by molar-refractivity contribution is 5.95. The van der Waals surface area contributed by atoms with Crippen LogP contribution in [0.25, 0.3) is 0 Å². The van der Waals surface area contributed by atoms with E-state index in [1.807, 2.05) is 32.0 Å². The summed E-state index contributed by atoms with van der Waals surface area (Å²) < 4.78 is 5.38. The van der Waals surface area contributed by atoms with Gasteiger partial charge in [0.15, 0.2) is 5.84 Å². The quantitative estimate of drug-likeness (QED) is 0.364. The van der Waals surface area contributed by atoms with Gasteiger partial charge >= 0.3 is 0 Å². The van der Waals surface area contributed by atoms with E-state index in [9.17, 15) is 4.79 Å². The first-order valence-corrected chi connectivity index (χ1v) is 6.48. The molecule has 6 nitrogen and oxygen atoms in total. The van der Waals surface area contributed by atoms with Crippen LogP contribution in [-0.4, -0.2) is 47.7 Å². The molecule has 0 radical (unpaired) electrons. The lowest BCUT2D eigenvalue weighted by Gasteiger charge is -2.32. The summed E-state index contributed by atoms with van der Waals surface area (Å²) in [6, 6.07) is 5.63. The standard InChI is InChI=1S/C14H19N3O3/c1-9-3-4-11(7-10(9)2)14(18)17-5-6-20-12(8-17)13(15)16-19/h3-4,7,12,19H,5-6,8H2,1-2H3,(H2,15,16). The van der Waals surface area contributed by atoms with Crippen molar-refractivity contribution in [3.05, 3.63) is 34.9 Å².